The third kappa shape index (κ3) is 6.03. The topological polar surface area (TPSA) is 50.4 Å². The number of halogens is 3. The molecule has 0 radical (unpaired) electrons. The summed E-state index contributed by atoms with van der Waals surface area (Å²) in [6, 6.07) is 4.36. The smallest absolute Gasteiger partial charge is 0.422 e. The first-order valence-electron chi connectivity index (χ1n) is 6.41. The van der Waals surface area contributed by atoms with E-state index in [1.807, 2.05) is 0 Å². The molecule has 1 atom stereocenters. The van der Waals surface area contributed by atoms with Gasteiger partial charge in [0.2, 0.25) is 0 Å². The summed E-state index contributed by atoms with van der Waals surface area (Å²) >= 11 is 0. The van der Waals surface area contributed by atoms with Crippen LogP contribution in [0.5, 0.6) is 0 Å². The van der Waals surface area contributed by atoms with Gasteiger partial charge in [-0.05, 0) is 45.4 Å². The Morgan fingerprint density at radius 2 is 1.67 bits per heavy atom. The van der Waals surface area contributed by atoms with E-state index >= 15 is 0 Å². The Bertz CT molecular complexity index is 478. The minimum Gasteiger partial charge on any atom is -0.443 e. The lowest BCUT2D eigenvalue weighted by molar-refractivity contribution is -0.137. The summed E-state index contributed by atoms with van der Waals surface area (Å²) in [6.07, 6.45) is -5.01. The molecule has 0 bridgehead atoms. The van der Waals surface area contributed by atoms with Gasteiger partial charge in [0.1, 0.15) is 5.60 Å². The van der Waals surface area contributed by atoms with E-state index in [2.05, 4.69) is 10.9 Å². The number of hydrogen-bond acceptors (Lipinski definition) is 3. The largest absolute Gasteiger partial charge is 0.443 e. The number of alkyl halides is 3. The van der Waals surface area contributed by atoms with Crippen LogP contribution < -0.4 is 10.9 Å². The van der Waals surface area contributed by atoms with E-state index in [0.29, 0.717) is 5.56 Å². The molecule has 1 unspecified atom stereocenters. The zero-order valence-corrected chi connectivity index (χ0v) is 12.3. The first kappa shape index (κ1) is 17.3. The van der Waals surface area contributed by atoms with Crippen molar-refractivity contribution in [2.75, 3.05) is 0 Å². The molecular weight excluding hydrogens is 285 g/mol. The summed E-state index contributed by atoms with van der Waals surface area (Å²) in [5, 5.41) is 0. The van der Waals surface area contributed by atoms with Crippen LogP contribution in [0.2, 0.25) is 0 Å². The highest BCUT2D eigenvalue weighted by molar-refractivity contribution is 5.67. The summed E-state index contributed by atoms with van der Waals surface area (Å²) in [5.74, 6) is 0. The van der Waals surface area contributed by atoms with Crippen molar-refractivity contribution in [2.24, 2.45) is 0 Å². The van der Waals surface area contributed by atoms with Crippen LogP contribution in [0.25, 0.3) is 0 Å². The SMILES string of the molecule is CC(NNC(=O)OC(C)(C)C)c1ccc(C(F)(F)F)cc1. The second-order valence-electron chi connectivity index (χ2n) is 5.61. The van der Waals surface area contributed by atoms with Crippen LogP contribution in [0.1, 0.15) is 44.9 Å². The summed E-state index contributed by atoms with van der Waals surface area (Å²) in [5.41, 5.74) is 4.30. The number of rotatable bonds is 3. The first-order valence-corrected chi connectivity index (χ1v) is 6.41. The second kappa shape index (κ2) is 6.34. The van der Waals surface area contributed by atoms with Crippen LogP contribution in [-0.4, -0.2) is 11.7 Å². The van der Waals surface area contributed by atoms with Crippen molar-refractivity contribution in [3.05, 3.63) is 35.4 Å². The Hall–Kier alpha value is -1.76. The van der Waals surface area contributed by atoms with Gasteiger partial charge in [-0.2, -0.15) is 13.2 Å². The Kier molecular flexibility index (Phi) is 5.22. The molecule has 0 spiro atoms. The molecule has 2 N–H and O–H groups in total. The molecule has 118 valence electrons. The van der Waals surface area contributed by atoms with E-state index in [-0.39, 0.29) is 6.04 Å². The average Bonchev–Trinajstić information content (AvgIpc) is 2.33. The molecule has 0 heterocycles. The minimum atomic E-state index is -4.36. The fourth-order valence-electron chi connectivity index (χ4n) is 1.51. The summed E-state index contributed by atoms with van der Waals surface area (Å²) in [6.45, 7) is 6.89. The average molecular weight is 304 g/mol. The highest BCUT2D eigenvalue weighted by atomic mass is 19.4. The Morgan fingerprint density at radius 1 is 1.14 bits per heavy atom. The second-order valence-corrected chi connectivity index (χ2v) is 5.61. The number of carbonyl (C=O) groups excluding carboxylic acids is 1. The predicted molar refractivity (Wildman–Crippen MR) is 72.4 cm³/mol. The lowest BCUT2D eigenvalue weighted by Crippen LogP contribution is -2.42. The summed E-state index contributed by atoms with van der Waals surface area (Å²) in [7, 11) is 0. The maximum absolute atomic E-state index is 12.4. The molecule has 1 rings (SSSR count). The monoisotopic (exact) mass is 304 g/mol. The van der Waals surface area contributed by atoms with Gasteiger partial charge in [-0.3, -0.25) is 5.43 Å². The molecule has 7 heteroatoms. The summed E-state index contributed by atoms with van der Waals surface area (Å²) < 4.78 is 42.4. The van der Waals surface area contributed by atoms with E-state index in [4.69, 9.17) is 4.74 Å². The fourth-order valence-corrected chi connectivity index (χ4v) is 1.51. The van der Waals surface area contributed by atoms with Crippen LogP contribution in [-0.2, 0) is 10.9 Å². The van der Waals surface area contributed by atoms with Crippen molar-refractivity contribution in [1.29, 1.82) is 0 Å². The first-order chi connectivity index (χ1) is 9.49. The Morgan fingerprint density at radius 3 is 2.10 bits per heavy atom. The van der Waals surface area contributed by atoms with Crippen molar-refractivity contribution in [3.8, 4) is 0 Å². The zero-order valence-electron chi connectivity index (χ0n) is 12.3. The van der Waals surface area contributed by atoms with Gasteiger partial charge in [0.25, 0.3) is 0 Å². The standard InChI is InChI=1S/C14H19F3N2O2/c1-9(18-19-12(20)21-13(2,3)4)10-5-7-11(8-6-10)14(15,16)17/h5-9,18H,1-4H3,(H,19,20). The molecule has 21 heavy (non-hydrogen) atoms. The van der Waals surface area contributed by atoms with Gasteiger partial charge in [0, 0.05) is 6.04 Å². The number of carbonyl (C=O) groups is 1. The van der Waals surface area contributed by atoms with Gasteiger partial charge in [-0.25, -0.2) is 10.2 Å². The molecular formula is C14H19F3N2O2. The molecule has 1 aromatic carbocycles. The molecule has 1 amide bonds. The normalized spacial score (nSPS) is 13.7. The number of hydrazine groups is 1. The van der Waals surface area contributed by atoms with E-state index in [0.717, 1.165) is 12.1 Å². The zero-order chi connectivity index (χ0) is 16.3. The Labute approximate surface area is 121 Å². The number of ether oxygens (including phenoxy) is 1. The van der Waals surface area contributed by atoms with Crippen LogP contribution in [0, 0.1) is 0 Å². The number of amides is 1. The van der Waals surface area contributed by atoms with Gasteiger partial charge in [0.15, 0.2) is 0 Å². The van der Waals surface area contributed by atoms with E-state index in [1.165, 1.54) is 12.1 Å². The van der Waals surface area contributed by atoms with Crippen molar-refractivity contribution in [1.82, 2.24) is 10.9 Å². The van der Waals surface area contributed by atoms with Crippen LogP contribution >= 0.6 is 0 Å². The van der Waals surface area contributed by atoms with Gasteiger partial charge in [-0.15, -0.1) is 0 Å². The van der Waals surface area contributed by atoms with Crippen LogP contribution in [0.4, 0.5) is 18.0 Å². The van der Waals surface area contributed by atoms with Crippen molar-refractivity contribution in [2.45, 2.75) is 45.5 Å². The molecule has 0 saturated carbocycles. The lowest BCUT2D eigenvalue weighted by Gasteiger charge is -2.21. The van der Waals surface area contributed by atoms with Crippen LogP contribution in [0.15, 0.2) is 24.3 Å². The number of hydrogen-bond donors (Lipinski definition) is 2. The van der Waals surface area contributed by atoms with Crippen LogP contribution in [0.3, 0.4) is 0 Å². The highest BCUT2D eigenvalue weighted by Gasteiger charge is 2.30. The maximum Gasteiger partial charge on any atom is 0.422 e. The van der Waals surface area contributed by atoms with Gasteiger partial charge in [0.05, 0.1) is 5.56 Å². The third-order valence-corrected chi connectivity index (χ3v) is 2.53. The lowest BCUT2D eigenvalue weighted by atomic mass is 10.1. The Balaban J connectivity index is 2.56. The molecule has 0 aliphatic heterocycles. The molecule has 0 aliphatic rings. The van der Waals surface area contributed by atoms with Gasteiger partial charge < -0.3 is 4.74 Å². The number of nitrogens with one attached hydrogen (secondary N) is 2. The molecule has 0 fully saturated rings. The maximum atomic E-state index is 12.4. The van der Waals surface area contributed by atoms with Crippen molar-refractivity contribution < 1.29 is 22.7 Å². The molecule has 0 aromatic heterocycles. The van der Waals surface area contributed by atoms with E-state index in [1.54, 1.807) is 27.7 Å². The van der Waals surface area contributed by atoms with Gasteiger partial charge >= 0.3 is 12.3 Å². The van der Waals surface area contributed by atoms with Crippen molar-refractivity contribution >= 4 is 6.09 Å². The molecule has 0 aliphatic carbocycles. The third-order valence-electron chi connectivity index (χ3n) is 2.53. The highest BCUT2D eigenvalue weighted by Crippen LogP contribution is 2.29. The van der Waals surface area contributed by atoms with E-state index in [9.17, 15) is 18.0 Å². The number of benzene rings is 1. The minimum absolute atomic E-state index is 0.361. The van der Waals surface area contributed by atoms with E-state index < -0.39 is 23.4 Å². The molecule has 4 nitrogen and oxygen atoms in total. The molecule has 0 saturated heterocycles. The fraction of sp³-hybridized carbons (Fsp3) is 0.500. The predicted octanol–water partition coefficient (Wildman–Crippen LogP) is 3.80. The summed E-state index contributed by atoms with van der Waals surface area (Å²) in [4.78, 5) is 11.4. The quantitative estimate of drug-likeness (QED) is 0.835. The van der Waals surface area contributed by atoms with Gasteiger partial charge in [-0.1, -0.05) is 12.1 Å². The molecule has 1 aromatic rings. The van der Waals surface area contributed by atoms with Crippen molar-refractivity contribution in [3.63, 3.8) is 0 Å².